The highest BCUT2D eigenvalue weighted by Gasteiger charge is 2.09. The van der Waals surface area contributed by atoms with Gasteiger partial charge in [-0.1, -0.05) is 0 Å². The number of anilines is 2. The molecule has 104 valence electrons. The quantitative estimate of drug-likeness (QED) is 0.647. The lowest BCUT2D eigenvalue weighted by Crippen LogP contribution is -2.16. The van der Waals surface area contributed by atoms with Crippen molar-refractivity contribution in [3.05, 3.63) is 18.2 Å². The summed E-state index contributed by atoms with van der Waals surface area (Å²) in [4.78, 5) is 23.4. The summed E-state index contributed by atoms with van der Waals surface area (Å²) < 4.78 is 4.84. The second-order valence-corrected chi connectivity index (χ2v) is 4.77. The monoisotopic (exact) mass is 302 g/mol. The Hall–Kier alpha value is -1.40. The molecule has 0 saturated carbocycles. The van der Waals surface area contributed by atoms with Gasteiger partial charge in [0, 0.05) is 17.5 Å². The number of alkyl halides is 1. The van der Waals surface area contributed by atoms with Gasteiger partial charge in [0.1, 0.15) is 6.61 Å². The second-order valence-electron chi connectivity index (χ2n) is 3.55. The Labute approximate surface area is 121 Å². The highest BCUT2D eigenvalue weighted by molar-refractivity contribution is 7.98. The minimum absolute atomic E-state index is 0.146. The highest BCUT2D eigenvalue weighted by atomic mass is 35.5. The molecule has 0 unspecified atom stereocenters. The molecule has 0 aromatic heterocycles. The number of carbonyl (C=O) groups is 2. The lowest BCUT2D eigenvalue weighted by Gasteiger charge is -2.11. The number of rotatable bonds is 5. The number of hydrogen-bond donors (Lipinski definition) is 2. The molecule has 19 heavy (non-hydrogen) atoms. The van der Waals surface area contributed by atoms with E-state index in [1.165, 1.54) is 18.7 Å². The third kappa shape index (κ3) is 5.40. The van der Waals surface area contributed by atoms with E-state index < -0.39 is 6.09 Å². The number of thioether (sulfide) groups is 1. The molecule has 1 aromatic rings. The van der Waals surface area contributed by atoms with E-state index in [1.54, 1.807) is 12.1 Å². The molecule has 1 rings (SSSR count). The molecule has 7 heteroatoms. The van der Waals surface area contributed by atoms with Gasteiger partial charge in [0.05, 0.1) is 11.6 Å². The van der Waals surface area contributed by atoms with Crippen LogP contribution < -0.4 is 10.6 Å². The Morgan fingerprint density at radius 3 is 2.68 bits per heavy atom. The van der Waals surface area contributed by atoms with Crippen LogP contribution in [0.1, 0.15) is 6.92 Å². The van der Waals surface area contributed by atoms with Gasteiger partial charge in [0.2, 0.25) is 5.91 Å². The maximum atomic E-state index is 11.5. The maximum absolute atomic E-state index is 11.5. The Balaban J connectivity index is 2.83. The standard InChI is InChI=1S/C12H15ClN2O3S/c1-8(16)14-9-3-4-11(19-2)10(7-9)15-12(17)18-6-5-13/h3-4,7H,5-6H2,1-2H3,(H,14,16)(H,15,17). The van der Waals surface area contributed by atoms with Crippen molar-refractivity contribution in [3.63, 3.8) is 0 Å². The third-order valence-electron chi connectivity index (χ3n) is 2.07. The summed E-state index contributed by atoms with van der Waals surface area (Å²) in [5.41, 5.74) is 1.19. The van der Waals surface area contributed by atoms with Crippen LogP contribution in [0.15, 0.2) is 23.1 Å². The molecular formula is C12H15ClN2O3S. The van der Waals surface area contributed by atoms with Gasteiger partial charge in [-0.2, -0.15) is 0 Å². The first-order valence-corrected chi connectivity index (χ1v) is 7.28. The Bertz CT molecular complexity index is 468. The van der Waals surface area contributed by atoms with E-state index in [1.807, 2.05) is 12.3 Å². The predicted molar refractivity (Wildman–Crippen MR) is 78.2 cm³/mol. The molecule has 5 nitrogen and oxygen atoms in total. The fourth-order valence-electron chi connectivity index (χ4n) is 1.36. The molecule has 0 radical (unpaired) electrons. The SMILES string of the molecule is CSc1ccc(NC(C)=O)cc1NC(=O)OCCCl. The van der Waals surface area contributed by atoms with E-state index in [4.69, 9.17) is 16.3 Å². The Morgan fingerprint density at radius 2 is 2.11 bits per heavy atom. The van der Waals surface area contributed by atoms with Crippen molar-refractivity contribution in [2.24, 2.45) is 0 Å². The van der Waals surface area contributed by atoms with Crippen LogP contribution in [0.25, 0.3) is 0 Å². The van der Waals surface area contributed by atoms with Crippen LogP contribution in [-0.4, -0.2) is 30.7 Å². The van der Waals surface area contributed by atoms with Crippen molar-refractivity contribution < 1.29 is 14.3 Å². The van der Waals surface area contributed by atoms with Crippen LogP contribution in [0, 0.1) is 0 Å². The zero-order valence-corrected chi connectivity index (χ0v) is 12.2. The van der Waals surface area contributed by atoms with Crippen LogP contribution >= 0.6 is 23.4 Å². The molecule has 0 bridgehead atoms. The van der Waals surface area contributed by atoms with E-state index >= 15 is 0 Å². The van der Waals surface area contributed by atoms with Gasteiger partial charge in [-0.15, -0.1) is 23.4 Å². The summed E-state index contributed by atoms with van der Waals surface area (Å²) in [6, 6.07) is 5.25. The number of benzene rings is 1. The minimum Gasteiger partial charge on any atom is -0.448 e. The van der Waals surface area contributed by atoms with Gasteiger partial charge in [0.15, 0.2) is 0 Å². The molecule has 0 aliphatic heterocycles. The largest absolute Gasteiger partial charge is 0.448 e. The first kappa shape index (κ1) is 15.7. The molecule has 0 spiro atoms. The molecule has 1 aromatic carbocycles. The third-order valence-corrected chi connectivity index (χ3v) is 3.02. The van der Waals surface area contributed by atoms with Gasteiger partial charge < -0.3 is 10.1 Å². The number of amides is 2. The second kappa shape index (κ2) is 7.91. The molecule has 0 aliphatic carbocycles. The molecule has 0 saturated heterocycles. The van der Waals surface area contributed by atoms with Crippen LogP contribution in [0.4, 0.5) is 16.2 Å². The van der Waals surface area contributed by atoms with E-state index in [9.17, 15) is 9.59 Å². The van der Waals surface area contributed by atoms with Crippen LogP contribution in [0.2, 0.25) is 0 Å². The number of ether oxygens (including phenoxy) is 1. The summed E-state index contributed by atoms with van der Waals surface area (Å²) >= 11 is 6.91. The minimum atomic E-state index is -0.573. The molecular weight excluding hydrogens is 288 g/mol. The predicted octanol–water partition coefficient (Wildman–Crippen LogP) is 3.15. The molecule has 2 amide bonds. The van der Waals surface area contributed by atoms with Crippen molar-refractivity contribution in [3.8, 4) is 0 Å². The van der Waals surface area contributed by atoms with Gasteiger partial charge >= 0.3 is 6.09 Å². The summed E-state index contributed by atoms with van der Waals surface area (Å²) in [5.74, 6) is 0.0712. The number of carbonyl (C=O) groups excluding carboxylic acids is 2. The topological polar surface area (TPSA) is 67.4 Å². The normalized spacial score (nSPS) is 9.84. The van der Waals surface area contributed by atoms with Gasteiger partial charge in [0.25, 0.3) is 0 Å². The average molecular weight is 303 g/mol. The van der Waals surface area contributed by atoms with Crippen molar-refractivity contribution in [1.29, 1.82) is 0 Å². The summed E-state index contributed by atoms with van der Waals surface area (Å²) in [6.45, 7) is 1.57. The zero-order valence-electron chi connectivity index (χ0n) is 10.7. The zero-order chi connectivity index (χ0) is 14.3. The molecule has 2 N–H and O–H groups in total. The lowest BCUT2D eigenvalue weighted by atomic mass is 10.2. The van der Waals surface area contributed by atoms with Gasteiger partial charge in [-0.3, -0.25) is 10.1 Å². The number of halogens is 1. The fourth-order valence-corrected chi connectivity index (χ4v) is 1.98. The summed E-state index contributed by atoms with van der Waals surface area (Å²) in [6.07, 6.45) is 1.32. The smallest absolute Gasteiger partial charge is 0.411 e. The van der Waals surface area contributed by atoms with Crippen molar-refractivity contribution in [2.45, 2.75) is 11.8 Å². The van der Waals surface area contributed by atoms with Crippen LogP contribution in [0.3, 0.4) is 0 Å². The van der Waals surface area contributed by atoms with Crippen molar-refractivity contribution in [1.82, 2.24) is 0 Å². The van der Waals surface area contributed by atoms with Crippen molar-refractivity contribution >= 4 is 46.7 Å². The number of nitrogens with one attached hydrogen (secondary N) is 2. The first-order chi connectivity index (χ1) is 9.06. The van der Waals surface area contributed by atoms with Crippen LogP contribution in [-0.2, 0) is 9.53 Å². The Kier molecular flexibility index (Phi) is 6.52. The van der Waals surface area contributed by atoms with E-state index in [-0.39, 0.29) is 18.4 Å². The fraction of sp³-hybridized carbons (Fsp3) is 0.333. The van der Waals surface area contributed by atoms with E-state index in [2.05, 4.69) is 10.6 Å². The molecule has 0 aliphatic rings. The van der Waals surface area contributed by atoms with Gasteiger partial charge in [-0.05, 0) is 24.5 Å². The summed E-state index contributed by atoms with van der Waals surface area (Å²) in [5, 5.41) is 5.27. The van der Waals surface area contributed by atoms with Gasteiger partial charge in [-0.25, -0.2) is 4.79 Å². The molecule has 0 fully saturated rings. The molecule has 0 atom stereocenters. The number of hydrogen-bond acceptors (Lipinski definition) is 4. The van der Waals surface area contributed by atoms with Crippen LogP contribution in [0.5, 0.6) is 0 Å². The van der Waals surface area contributed by atoms with E-state index in [0.29, 0.717) is 11.4 Å². The van der Waals surface area contributed by atoms with Crippen molar-refractivity contribution in [2.75, 3.05) is 29.4 Å². The van der Waals surface area contributed by atoms with E-state index in [0.717, 1.165) is 4.90 Å². The Morgan fingerprint density at radius 1 is 1.37 bits per heavy atom. The maximum Gasteiger partial charge on any atom is 0.411 e. The highest BCUT2D eigenvalue weighted by Crippen LogP contribution is 2.28. The summed E-state index contributed by atoms with van der Waals surface area (Å²) in [7, 11) is 0. The first-order valence-electron chi connectivity index (χ1n) is 5.52. The lowest BCUT2D eigenvalue weighted by molar-refractivity contribution is -0.114. The average Bonchev–Trinajstić information content (AvgIpc) is 2.36. The molecule has 0 heterocycles.